The lowest BCUT2D eigenvalue weighted by Gasteiger charge is -2.33. The third-order valence-electron chi connectivity index (χ3n) is 5.24. The number of benzene rings is 2. The van der Waals surface area contributed by atoms with Gasteiger partial charge in [-0.2, -0.15) is 10.1 Å². The number of aryl methyl sites for hydroxylation is 1. The van der Waals surface area contributed by atoms with Gasteiger partial charge in [-0.3, -0.25) is 4.79 Å². The molecular formula is C23H25N5O3. The van der Waals surface area contributed by atoms with Crippen molar-refractivity contribution >= 4 is 17.5 Å². The van der Waals surface area contributed by atoms with Crippen LogP contribution in [-0.4, -0.2) is 39.5 Å². The van der Waals surface area contributed by atoms with Crippen LogP contribution < -0.4 is 15.4 Å². The molecule has 0 radical (unpaired) electrons. The summed E-state index contributed by atoms with van der Waals surface area (Å²) in [4.78, 5) is 17.9. The fourth-order valence-electron chi connectivity index (χ4n) is 3.72. The van der Waals surface area contributed by atoms with E-state index in [2.05, 4.69) is 27.3 Å². The molecule has 1 aliphatic rings. The molecule has 0 bridgehead atoms. The van der Waals surface area contributed by atoms with Crippen LogP contribution in [0.1, 0.15) is 23.9 Å². The Morgan fingerprint density at radius 3 is 2.65 bits per heavy atom. The summed E-state index contributed by atoms with van der Waals surface area (Å²) in [6.07, 6.45) is 1.11. The van der Waals surface area contributed by atoms with E-state index < -0.39 is 12.0 Å². The minimum Gasteiger partial charge on any atom is -0.497 e. The Kier molecular flexibility index (Phi) is 5.99. The zero-order valence-corrected chi connectivity index (χ0v) is 17.3. The number of nitrogens with zero attached hydrogens (tertiary/aromatic N) is 3. The van der Waals surface area contributed by atoms with Gasteiger partial charge in [-0.1, -0.05) is 36.9 Å². The average molecular weight is 419 g/mol. The van der Waals surface area contributed by atoms with Gasteiger partial charge in [-0.25, -0.2) is 4.68 Å². The Hall–Kier alpha value is -3.65. The van der Waals surface area contributed by atoms with Crippen LogP contribution in [0.15, 0.2) is 66.9 Å². The predicted molar refractivity (Wildman–Crippen MR) is 118 cm³/mol. The van der Waals surface area contributed by atoms with Gasteiger partial charge in [-0.05, 0) is 36.2 Å². The van der Waals surface area contributed by atoms with Gasteiger partial charge in [0.1, 0.15) is 11.7 Å². The van der Waals surface area contributed by atoms with Crippen molar-refractivity contribution in [1.29, 1.82) is 0 Å². The highest BCUT2D eigenvalue weighted by atomic mass is 16.5. The van der Waals surface area contributed by atoms with Crippen molar-refractivity contribution in [2.45, 2.75) is 18.9 Å². The number of hydrogen-bond donors (Lipinski definition) is 3. The summed E-state index contributed by atoms with van der Waals surface area (Å²) in [5.74, 6) is 1.05. The molecule has 0 spiro atoms. The number of rotatable bonds is 7. The standard InChI is InChI=1S/C23H25N5O3/c1-15-20(22(30)25-17-7-4-3-5-8-17)21(16-10-12-18(31-2)13-11-16)28-23(24-15)26-19(27-28)9-6-14-29/h3-5,7-8,10-13,20-21,29H,1,6,9,14H2,2H3,(H,25,30)(H,24,26,27)/t20-,21-/m0/s1. The SMILES string of the molecule is C=C1Nc2nc(CCCO)nn2[C@@H](c2ccc(OC)cc2)[C@H]1C(=O)Nc1ccccc1. The topological polar surface area (TPSA) is 101 Å². The number of para-hydroxylation sites is 1. The Labute approximate surface area is 180 Å². The second-order valence-corrected chi connectivity index (χ2v) is 7.32. The summed E-state index contributed by atoms with van der Waals surface area (Å²) in [6.45, 7) is 4.18. The first-order valence-electron chi connectivity index (χ1n) is 10.1. The molecule has 8 nitrogen and oxygen atoms in total. The molecule has 1 amide bonds. The van der Waals surface area contributed by atoms with Crippen molar-refractivity contribution in [2.24, 2.45) is 5.92 Å². The van der Waals surface area contributed by atoms with E-state index >= 15 is 0 Å². The van der Waals surface area contributed by atoms with Crippen LogP contribution in [-0.2, 0) is 11.2 Å². The number of methoxy groups -OCH3 is 1. The van der Waals surface area contributed by atoms with Crippen LogP contribution >= 0.6 is 0 Å². The molecule has 1 aromatic heterocycles. The van der Waals surface area contributed by atoms with E-state index in [1.165, 1.54) is 0 Å². The fraction of sp³-hybridized carbons (Fsp3) is 0.261. The highest BCUT2D eigenvalue weighted by Crippen LogP contribution is 2.38. The molecule has 0 unspecified atom stereocenters. The van der Waals surface area contributed by atoms with Crippen LogP contribution in [0.5, 0.6) is 5.75 Å². The quantitative estimate of drug-likeness (QED) is 0.544. The first-order chi connectivity index (χ1) is 15.1. The number of ether oxygens (including phenoxy) is 1. The Bertz CT molecular complexity index is 1060. The zero-order valence-electron chi connectivity index (χ0n) is 17.3. The third kappa shape index (κ3) is 4.29. The van der Waals surface area contributed by atoms with Gasteiger partial charge in [0.25, 0.3) is 0 Å². The van der Waals surface area contributed by atoms with Gasteiger partial charge in [-0.15, -0.1) is 0 Å². The van der Waals surface area contributed by atoms with Crippen molar-refractivity contribution < 1.29 is 14.6 Å². The van der Waals surface area contributed by atoms with Crippen molar-refractivity contribution in [3.63, 3.8) is 0 Å². The molecule has 2 aromatic carbocycles. The lowest BCUT2D eigenvalue weighted by molar-refractivity contribution is -0.119. The minimum absolute atomic E-state index is 0.0635. The number of amides is 1. The van der Waals surface area contributed by atoms with Gasteiger partial charge in [0.2, 0.25) is 11.9 Å². The maximum atomic E-state index is 13.3. The molecule has 3 N–H and O–H groups in total. The molecule has 0 aliphatic carbocycles. The Balaban J connectivity index is 1.73. The molecule has 31 heavy (non-hydrogen) atoms. The summed E-state index contributed by atoms with van der Waals surface area (Å²) in [5.41, 5.74) is 2.14. The smallest absolute Gasteiger partial charge is 0.235 e. The van der Waals surface area contributed by atoms with Gasteiger partial charge in [0, 0.05) is 24.4 Å². The van der Waals surface area contributed by atoms with Gasteiger partial charge < -0.3 is 20.5 Å². The molecule has 1 aliphatic heterocycles. The van der Waals surface area contributed by atoms with E-state index in [4.69, 9.17) is 9.84 Å². The highest BCUT2D eigenvalue weighted by Gasteiger charge is 2.40. The molecule has 0 saturated carbocycles. The monoisotopic (exact) mass is 419 g/mol. The minimum atomic E-state index is -0.617. The summed E-state index contributed by atoms with van der Waals surface area (Å²) >= 11 is 0. The molecule has 8 heteroatoms. The van der Waals surface area contributed by atoms with Crippen LogP contribution in [0.25, 0.3) is 0 Å². The molecule has 3 aromatic rings. The zero-order chi connectivity index (χ0) is 21.8. The van der Waals surface area contributed by atoms with Crippen molar-refractivity contribution in [1.82, 2.24) is 14.8 Å². The molecule has 2 atom stereocenters. The summed E-state index contributed by atoms with van der Waals surface area (Å²) in [7, 11) is 1.61. The number of carbonyl (C=O) groups excluding carboxylic acids is 1. The largest absolute Gasteiger partial charge is 0.497 e. The van der Waals surface area contributed by atoms with Gasteiger partial charge in [0.05, 0.1) is 13.2 Å². The second-order valence-electron chi connectivity index (χ2n) is 7.32. The number of nitrogens with one attached hydrogen (secondary N) is 2. The first-order valence-corrected chi connectivity index (χ1v) is 10.1. The summed E-state index contributed by atoms with van der Waals surface area (Å²) < 4.78 is 7.02. The van der Waals surface area contributed by atoms with E-state index in [0.29, 0.717) is 36.0 Å². The van der Waals surface area contributed by atoms with E-state index in [0.717, 1.165) is 11.3 Å². The predicted octanol–water partition coefficient (Wildman–Crippen LogP) is 3.00. The molecule has 160 valence electrons. The number of anilines is 2. The van der Waals surface area contributed by atoms with Crippen molar-refractivity contribution in [3.8, 4) is 5.75 Å². The summed E-state index contributed by atoms with van der Waals surface area (Å²) in [5, 5.41) is 19.9. The second kappa shape index (κ2) is 9.01. The molecule has 0 saturated heterocycles. The van der Waals surface area contributed by atoms with Crippen molar-refractivity contribution in [2.75, 3.05) is 24.4 Å². The summed E-state index contributed by atoms with van der Waals surface area (Å²) in [6, 6.07) is 16.4. The Morgan fingerprint density at radius 2 is 1.97 bits per heavy atom. The van der Waals surface area contributed by atoms with Crippen LogP contribution in [0.4, 0.5) is 11.6 Å². The number of carbonyl (C=O) groups is 1. The molecule has 2 heterocycles. The molecule has 0 fully saturated rings. The third-order valence-corrected chi connectivity index (χ3v) is 5.24. The molecular weight excluding hydrogens is 394 g/mol. The highest BCUT2D eigenvalue weighted by molar-refractivity contribution is 5.95. The number of aliphatic hydroxyl groups is 1. The van der Waals surface area contributed by atoms with Crippen LogP contribution in [0.2, 0.25) is 0 Å². The van der Waals surface area contributed by atoms with E-state index in [1.807, 2.05) is 54.6 Å². The number of hydrogen-bond acceptors (Lipinski definition) is 6. The number of fused-ring (bicyclic) bond motifs is 1. The van der Waals surface area contributed by atoms with Crippen LogP contribution in [0.3, 0.4) is 0 Å². The number of aromatic nitrogens is 3. The lowest BCUT2D eigenvalue weighted by atomic mass is 9.88. The molecule has 4 rings (SSSR count). The normalized spacial score (nSPS) is 17.5. The van der Waals surface area contributed by atoms with E-state index in [9.17, 15) is 4.79 Å². The van der Waals surface area contributed by atoms with E-state index in [-0.39, 0.29) is 12.5 Å². The number of aliphatic hydroxyl groups excluding tert-OH is 1. The first kappa shape index (κ1) is 20.6. The average Bonchev–Trinajstić information content (AvgIpc) is 3.19. The Morgan fingerprint density at radius 1 is 1.23 bits per heavy atom. The lowest BCUT2D eigenvalue weighted by Crippen LogP contribution is -2.39. The van der Waals surface area contributed by atoms with Crippen LogP contribution in [0, 0.1) is 5.92 Å². The maximum absolute atomic E-state index is 13.3. The van der Waals surface area contributed by atoms with Crippen molar-refractivity contribution in [3.05, 3.63) is 78.3 Å². The maximum Gasteiger partial charge on any atom is 0.235 e. The fourth-order valence-corrected chi connectivity index (χ4v) is 3.72. The van der Waals surface area contributed by atoms with Gasteiger partial charge >= 0.3 is 0 Å². The van der Waals surface area contributed by atoms with Gasteiger partial charge in [0.15, 0.2) is 5.82 Å². The van der Waals surface area contributed by atoms with E-state index in [1.54, 1.807) is 11.8 Å².